The number of nitrogens with zero attached hydrogens (tertiary/aromatic N) is 1. The minimum absolute atomic E-state index is 0.119. The van der Waals surface area contributed by atoms with E-state index < -0.39 is 21.8 Å². The van der Waals surface area contributed by atoms with E-state index in [1.165, 1.54) is 4.31 Å². The predicted molar refractivity (Wildman–Crippen MR) is 82.9 cm³/mol. The zero-order chi connectivity index (χ0) is 17.0. The van der Waals surface area contributed by atoms with Crippen LogP contribution in [0.25, 0.3) is 0 Å². The van der Waals surface area contributed by atoms with Crippen molar-refractivity contribution >= 4 is 16.0 Å². The number of piperidine rings is 1. The van der Waals surface area contributed by atoms with Gasteiger partial charge in [-0.3, -0.25) is 0 Å². The Morgan fingerprint density at radius 1 is 1.39 bits per heavy atom. The van der Waals surface area contributed by atoms with Gasteiger partial charge in [0.05, 0.1) is 17.1 Å². The first kappa shape index (κ1) is 17.8. The normalized spacial score (nSPS) is 19.5. The van der Waals surface area contributed by atoms with E-state index in [0.29, 0.717) is 13.0 Å². The lowest BCUT2D eigenvalue weighted by Crippen LogP contribution is -2.47. The average Bonchev–Trinajstić information content (AvgIpc) is 2.54. The molecule has 0 bridgehead atoms. The summed E-state index contributed by atoms with van der Waals surface area (Å²) in [6, 6.07) is 2.73. The topological polar surface area (TPSA) is 89.7 Å². The number of rotatable bonds is 5. The predicted octanol–water partition coefficient (Wildman–Crippen LogP) is 1.50. The van der Waals surface area contributed by atoms with E-state index in [0.717, 1.165) is 31.0 Å². The maximum Gasteiger partial charge on any atom is 0.338 e. The molecule has 0 amide bonds. The number of hydrogen-bond donors (Lipinski definition) is 1. The molecule has 1 aliphatic heterocycles. The molecule has 1 heterocycles. The molecule has 0 saturated carbocycles. The van der Waals surface area contributed by atoms with Crippen LogP contribution in [0, 0.1) is 5.82 Å². The number of carbonyl (C=O) groups is 1. The molecule has 0 radical (unpaired) electrons. The third kappa shape index (κ3) is 3.88. The van der Waals surface area contributed by atoms with Crippen LogP contribution < -0.4 is 5.73 Å². The molecule has 0 aliphatic carbocycles. The number of nitrogens with two attached hydrogens (primary N) is 1. The lowest BCUT2D eigenvalue weighted by molar-refractivity contribution is 0.0525. The summed E-state index contributed by atoms with van der Waals surface area (Å²) in [6.45, 7) is 2.29. The number of carbonyl (C=O) groups excluding carboxylic acids is 1. The summed E-state index contributed by atoms with van der Waals surface area (Å²) in [5, 5.41) is 0. The molecular weight excluding hydrogens is 323 g/mol. The molecule has 1 aromatic carbocycles. The zero-order valence-corrected chi connectivity index (χ0v) is 13.8. The van der Waals surface area contributed by atoms with Crippen LogP contribution in [0.5, 0.6) is 0 Å². The van der Waals surface area contributed by atoms with E-state index in [9.17, 15) is 17.6 Å². The Bertz CT molecular complexity index is 678. The fourth-order valence-corrected chi connectivity index (χ4v) is 4.47. The van der Waals surface area contributed by atoms with Gasteiger partial charge in [-0.25, -0.2) is 17.6 Å². The molecule has 0 spiro atoms. The van der Waals surface area contributed by atoms with Gasteiger partial charge < -0.3 is 10.5 Å². The van der Waals surface area contributed by atoms with Crippen LogP contribution in [0.1, 0.15) is 36.5 Å². The zero-order valence-electron chi connectivity index (χ0n) is 13.0. The Kier molecular flexibility index (Phi) is 5.72. The first-order valence-corrected chi connectivity index (χ1v) is 9.03. The van der Waals surface area contributed by atoms with Crippen LogP contribution in [0.2, 0.25) is 0 Å². The van der Waals surface area contributed by atoms with E-state index in [4.69, 9.17) is 10.5 Å². The lowest BCUT2D eigenvalue weighted by Gasteiger charge is -2.33. The largest absolute Gasteiger partial charge is 0.462 e. The van der Waals surface area contributed by atoms with Gasteiger partial charge in [-0.15, -0.1) is 0 Å². The van der Waals surface area contributed by atoms with Crippen LogP contribution in [0.4, 0.5) is 4.39 Å². The van der Waals surface area contributed by atoms with Crippen LogP contribution in [-0.2, 0) is 14.8 Å². The monoisotopic (exact) mass is 344 g/mol. The third-order valence-corrected chi connectivity index (χ3v) is 5.76. The van der Waals surface area contributed by atoms with Crippen molar-refractivity contribution in [1.29, 1.82) is 0 Å². The van der Waals surface area contributed by atoms with Crippen molar-refractivity contribution in [2.75, 3.05) is 19.7 Å². The molecule has 1 atom stereocenters. The maximum absolute atomic E-state index is 13.8. The highest BCUT2D eigenvalue weighted by molar-refractivity contribution is 7.89. The highest BCUT2D eigenvalue weighted by Gasteiger charge is 2.33. The summed E-state index contributed by atoms with van der Waals surface area (Å²) < 4.78 is 45.5. The standard InChI is InChI=1S/C15H21FN2O4S/c1-2-22-15(19)11-7-12(16)9-14(8-11)23(20,21)18-6-4-3-5-13(18)10-17/h7-9,13H,2-6,10,17H2,1H3. The fourth-order valence-electron chi connectivity index (χ4n) is 2.71. The molecule has 8 heteroatoms. The summed E-state index contributed by atoms with van der Waals surface area (Å²) in [4.78, 5) is 11.5. The summed E-state index contributed by atoms with van der Waals surface area (Å²) >= 11 is 0. The number of sulfonamides is 1. The van der Waals surface area contributed by atoms with E-state index in [2.05, 4.69) is 0 Å². The SMILES string of the molecule is CCOC(=O)c1cc(F)cc(S(=O)(=O)N2CCCCC2CN)c1. The Balaban J connectivity index is 2.41. The minimum Gasteiger partial charge on any atom is -0.462 e. The average molecular weight is 344 g/mol. The maximum atomic E-state index is 13.8. The van der Waals surface area contributed by atoms with Crippen molar-refractivity contribution in [3.05, 3.63) is 29.6 Å². The second-order valence-electron chi connectivity index (χ2n) is 5.40. The number of benzene rings is 1. The van der Waals surface area contributed by atoms with Crippen LogP contribution in [0.15, 0.2) is 23.1 Å². The molecule has 1 fully saturated rings. The Morgan fingerprint density at radius 3 is 2.78 bits per heavy atom. The number of ether oxygens (including phenoxy) is 1. The van der Waals surface area contributed by atoms with Gasteiger partial charge in [0, 0.05) is 19.1 Å². The quantitative estimate of drug-likeness (QED) is 0.818. The van der Waals surface area contributed by atoms with Crippen LogP contribution >= 0.6 is 0 Å². The van der Waals surface area contributed by atoms with Gasteiger partial charge in [-0.2, -0.15) is 4.31 Å². The van der Waals surface area contributed by atoms with Crippen molar-refractivity contribution in [2.24, 2.45) is 5.73 Å². The Morgan fingerprint density at radius 2 is 2.13 bits per heavy atom. The molecule has 128 valence electrons. The van der Waals surface area contributed by atoms with Crippen molar-refractivity contribution in [1.82, 2.24) is 4.31 Å². The summed E-state index contributed by atoms with van der Waals surface area (Å²) in [5.41, 5.74) is 5.54. The second-order valence-corrected chi connectivity index (χ2v) is 7.29. The van der Waals surface area contributed by atoms with Gasteiger partial charge in [0.2, 0.25) is 10.0 Å². The number of hydrogen-bond acceptors (Lipinski definition) is 5. The van der Waals surface area contributed by atoms with Gasteiger partial charge in [-0.05, 0) is 38.0 Å². The molecule has 1 aliphatic rings. The smallest absolute Gasteiger partial charge is 0.338 e. The van der Waals surface area contributed by atoms with Crippen molar-refractivity contribution in [3.8, 4) is 0 Å². The van der Waals surface area contributed by atoms with Gasteiger partial charge in [0.15, 0.2) is 0 Å². The molecule has 23 heavy (non-hydrogen) atoms. The van der Waals surface area contributed by atoms with Gasteiger partial charge in [0.1, 0.15) is 5.82 Å². The lowest BCUT2D eigenvalue weighted by atomic mass is 10.1. The van der Waals surface area contributed by atoms with Crippen LogP contribution in [0.3, 0.4) is 0 Å². The fraction of sp³-hybridized carbons (Fsp3) is 0.533. The van der Waals surface area contributed by atoms with Crippen molar-refractivity contribution < 1.29 is 22.3 Å². The van der Waals surface area contributed by atoms with Crippen molar-refractivity contribution in [3.63, 3.8) is 0 Å². The Labute approximate surface area is 135 Å². The molecule has 0 aromatic heterocycles. The van der Waals surface area contributed by atoms with Crippen LogP contribution in [-0.4, -0.2) is 44.4 Å². The summed E-state index contributed by atoms with van der Waals surface area (Å²) in [7, 11) is -3.91. The molecule has 1 unspecified atom stereocenters. The minimum atomic E-state index is -3.91. The van der Waals surface area contributed by atoms with Gasteiger partial charge >= 0.3 is 5.97 Å². The Hall–Kier alpha value is -1.51. The van der Waals surface area contributed by atoms with Gasteiger partial charge in [0.25, 0.3) is 0 Å². The first-order valence-electron chi connectivity index (χ1n) is 7.59. The molecule has 2 N–H and O–H groups in total. The molecule has 6 nitrogen and oxygen atoms in total. The summed E-state index contributed by atoms with van der Waals surface area (Å²) in [6.07, 6.45) is 2.32. The number of halogens is 1. The van der Waals surface area contributed by atoms with E-state index >= 15 is 0 Å². The van der Waals surface area contributed by atoms with E-state index in [1.807, 2.05) is 0 Å². The highest BCUT2D eigenvalue weighted by Crippen LogP contribution is 2.26. The van der Waals surface area contributed by atoms with E-state index in [1.54, 1.807) is 6.92 Å². The molecule has 1 saturated heterocycles. The summed E-state index contributed by atoms with van der Waals surface area (Å²) in [5.74, 6) is -1.55. The second kappa shape index (κ2) is 7.37. The molecular formula is C15H21FN2O4S. The van der Waals surface area contributed by atoms with Crippen molar-refractivity contribution in [2.45, 2.75) is 37.1 Å². The third-order valence-electron chi connectivity index (χ3n) is 3.83. The number of esters is 1. The van der Waals surface area contributed by atoms with Gasteiger partial charge in [-0.1, -0.05) is 6.42 Å². The van der Waals surface area contributed by atoms with E-state index in [-0.39, 0.29) is 29.7 Å². The highest BCUT2D eigenvalue weighted by atomic mass is 32.2. The molecule has 2 rings (SSSR count). The molecule has 1 aromatic rings. The first-order chi connectivity index (χ1) is 10.9.